The molecule has 3 rings (SSSR count). The van der Waals surface area contributed by atoms with E-state index in [1.54, 1.807) is 11.3 Å². The van der Waals surface area contributed by atoms with Gasteiger partial charge in [0.25, 0.3) is 0 Å². The van der Waals surface area contributed by atoms with Crippen molar-refractivity contribution in [1.29, 1.82) is 0 Å². The van der Waals surface area contributed by atoms with E-state index >= 15 is 0 Å². The van der Waals surface area contributed by atoms with E-state index in [-0.39, 0.29) is 0 Å². The molecule has 1 nitrogen and oxygen atoms in total. The van der Waals surface area contributed by atoms with Gasteiger partial charge in [0.2, 0.25) is 0 Å². The number of aryl methyl sites for hydroxylation is 2. The van der Waals surface area contributed by atoms with Crippen LogP contribution in [-0.2, 0) is 0 Å². The predicted molar refractivity (Wildman–Crippen MR) is 87.5 cm³/mol. The van der Waals surface area contributed by atoms with Crippen LogP contribution in [0.3, 0.4) is 0 Å². The highest BCUT2D eigenvalue weighted by Gasteiger charge is 2.10. The van der Waals surface area contributed by atoms with E-state index in [4.69, 9.17) is 16.6 Å². The number of hydrogen-bond acceptors (Lipinski definition) is 2. The Bertz CT molecular complexity index is 761. The first-order chi connectivity index (χ1) is 9.65. The number of thiazole rings is 1. The highest BCUT2D eigenvalue weighted by Crippen LogP contribution is 2.33. The summed E-state index contributed by atoms with van der Waals surface area (Å²) in [6.07, 6.45) is 0. The predicted octanol–water partition coefficient (Wildman–Crippen LogP) is 5.75. The Balaban J connectivity index is 2.04. The third-order valence-electron chi connectivity index (χ3n) is 3.27. The highest BCUT2D eigenvalue weighted by molar-refractivity contribution is 7.13. The van der Waals surface area contributed by atoms with Crippen molar-refractivity contribution in [3.05, 3.63) is 64.0 Å². The van der Waals surface area contributed by atoms with Crippen molar-refractivity contribution >= 4 is 22.9 Å². The lowest BCUT2D eigenvalue weighted by Gasteiger charge is -2.03. The maximum atomic E-state index is 6.23. The topological polar surface area (TPSA) is 12.9 Å². The minimum Gasteiger partial charge on any atom is -0.236 e. The molecule has 100 valence electrons. The largest absolute Gasteiger partial charge is 0.236 e. The summed E-state index contributed by atoms with van der Waals surface area (Å²) in [7, 11) is 0. The van der Waals surface area contributed by atoms with Crippen molar-refractivity contribution in [3.63, 3.8) is 0 Å². The monoisotopic (exact) mass is 299 g/mol. The van der Waals surface area contributed by atoms with E-state index in [1.165, 1.54) is 16.7 Å². The Kier molecular flexibility index (Phi) is 3.60. The summed E-state index contributed by atoms with van der Waals surface area (Å²) in [5.74, 6) is 0. The van der Waals surface area contributed by atoms with E-state index in [9.17, 15) is 0 Å². The molecule has 1 heterocycles. The first kappa shape index (κ1) is 13.3. The Labute approximate surface area is 127 Å². The maximum absolute atomic E-state index is 6.23. The second-order valence-corrected chi connectivity index (χ2v) is 6.10. The molecule has 0 atom stereocenters. The zero-order valence-electron chi connectivity index (χ0n) is 11.4. The summed E-state index contributed by atoms with van der Waals surface area (Å²) in [4.78, 5) is 4.74. The summed E-state index contributed by atoms with van der Waals surface area (Å²) >= 11 is 7.86. The van der Waals surface area contributed by atoms with Crippen molar-refractivity contribution in [3.8, 4) is 21.8 Å². The van der Waals surface area contributed by atoms with Gasteiger partial charge in [0.15, 0.2) is 0 Å². The van der Waals surface area contributed by atoms with Gasteiger partial charge in [-0.15, -0.1) is 11.3 Å². The molecule has 0 unspecified atom stereocenters. The van der Waals surface area contributed by atoms with Gasteiger partial charge < -0.3 is 0 Å². The zero-order chi connectivity index (χ0) is 14.1. The molecule has 3 aromatic rings. The third kappa shape index (κ3) is 2.49. The maximum Gasteiger partial charge on any atom is 0.125 e. The lowest BCUT2D eigenvalue weighted by molar-refractivity contribution is 1.34. The molecule has 1 aromatic heterocycles. The van der Waals surface area contributed by atoms with Gasteiger partial charge in [-0.05, 0) is 25.5 Å². The first-order valence-corrected chi connectivity index (χ1v) is 7.69. The van der Waals surface area contributed by atoms with Gasteiger partial charge in [-0.3, -0.25) is 0 Å². The fraction of sp³-hybridized carbons (Fsp3) is 0.118. The van der Waals surface area contributed by atoms with Gasteiger partial charge in [-0.2, -0.15) is 0 Å². The van der Waals surface area contributed by atoms with E-state index in [1.807, 2.05) is 24.3 Å². The molecule has 0 fully saturated rings. The van der Waals surface area contributed by atoms with Crippen molar-refractivity contribution in [2.24, 2.45) is 0 Å². The average molecular weight is 300 g/mol. The fourth-order valence-corrected chi connectivity index (χ4v) is 3.40. The average Bonchev–Trinajstić information content (AvgIpc) is 2.88. The van der Waals surface area contributed by atoms with E-state index in [0.29, 0.717) is 0 Å². The van der Waals surface area contributed by atoms with Crippen LogP contribution < -0.4 is 0 Å². The molecular weight excluding hydrogens is 286 g/mol. The number of hydrogen-bond donors (Lipinski definition) is 0. The zero-order valence-corrected chi connectivity index (χ0v) is 12.9. The summed E-state index contributed by atoms with van der Waals surface area (Å²) in [5.41, 5.74) is 5.72. The molecule has 0 aliphatic heterocycles. The quantitative estimate of drug-likeness (QED) is 0.587. The lowest BCUT2D eigenvalue weighted by atomic mass is 10.0. The molecular formula is C17H14ClNS. The van der Waals surface area contributed by atoms with Crippen molar-refractivity contribution in [1.82, 2.24) is 4.98 Å². The molecule has 0 saturated heterocycles. The summed E-state index contributed by atoms with van der Waals surface area (Å²) in [6, 6.07) is 14.3. The number of benzene rings is 2. The van der Waals surface area contributed by atoms with Crippen LogP contribution in [0.2, 0.25) is 5.02 Å². The van der Waals surface area contributed by atoms with Crippen molar-refractivity contribution in [2.75, 3.05) is 0 Å². The fourth-order valence-electron chi connectivity index (χ4n) is 2.26. The van der Waals surface area contributed by atoms with E-state index in [2.05, 4.69) is 37.4 Å². The third-order valence-corrected chi connectivity index (χ3v) is 4.47. The Hall–Kier alpha value is -1.64. The summed E-state index contributed by atoms with van der Waals surface area (Å²) < 4.78 is 0. The molecule has 0 bridgehead atoms. The first-order valence-electron chi connectivity index (χ1n) is 6.43. The Morgan fingerprint density at radius 2 is 1.80 bits per heavy atom. The van der Waals surface area contributed by atoms with Crippen LogP contribution in [-0.4, -0.2) is 4.98 Å². The number of nitrogens with zero attached hydrogens (tertiary/aromatic N) is 1. The van der Waals surface area contributed by atoms with E-state index < -0.39 is 0 Å². The number of rotatable bonds is 2. The van der Waals surface area contributed by atoms with Crippen LogP contribution in [0.4, 0.5) is 0 Å². The van der Waals surface area contributed by atoms with Gasteiger partial charge >= 0.3 is 0 Å². The molecule has 20 heavy (non-hydrogen) atoms. The molecule has 0 aliphatic carbocycles. The molecule has 0 spiro atoms. The van der Waals surface area contributed by atoms with Gasteiger partial charge in [0.1, 0.15) is 5.01 Å². The van der Waals surface area contributed by atoms with Crippen LogP contribution in [0, 0.1) is 13.8 Å². The summed E-state index contributed by atoms with van der Waals surface area (Å²) in [6.45, 7) is 4.23. The van der Waals surface area contributed by atoms with Crippen LogP contribution in [0.1, 0.15) is 11.1 Å². The highest BCUT2D eigenvalue weighted by atomic mass is 35.5. The second-order valence-electron chi connectivity index (χ2n) is 4.84. The van der Waals surface area contributed by atoms with Crippen molar-refractivity contribution < 1.29 is 0 Å². The lowest BCUT2D eigenvalue weighted by Crippen LogP contribution is -1.85. The minimum absolute atomic E-state index is 0.744. The minimum atomic E-state index is 0.744. The van der Waals surface area contributed by atoms with Crippen LogP contribution in [0.25, 0.3) is 21.8 Å². The number of halogens is 1. The van der Waals surface area contributed by atoms with Gasteiger partial charge in [-0.25, -0.2) is 4.98 Å². The summed E-state index contributed by atoms with van der Waals surface area (Å²) in [5, 5.41) is 3.80. The van der Waals surface area contributed by atoms with E-state index in [0.717, 1.165) is 21.3 Å². The molecule has 0 amide bonds. The number of aromatic nitrogens is 1. The Morgan fingerprint density at radius 1 is 1.00 bits per heavy atom. The molecule has 3 heteroatoms. The standard InChI is InChI=1S/C17H14ClNS/c1-11-7-8-13(12(2)9-11)16-10-20-17(19-16)14-5-3-4-6-15(14)18/h3-10H,1-2H3. The van der Waals surface area contributed by atoms with Crippen LogP contribution in [0.15, 0.2) is 47.8 Å². The molecule has 0 saturated carbocycles. The van der Waals surface area contributed by atoms with Crippen LogP contribution >= 0.6 is 22.9 Å². The van der Waals surface area contributed by atoms with Gasteiger partial charge in [0.05, 0.1) is 10.7 Å². The van der Waals surface area contributed by atoms with Crippen molar-refractivity contribution in [2.45, 2.75) is 13.8 Å². The smallest absolute Gasteiger partial charge is 0.125 e. The van der Waals surface area contributed by atoms with Gasteiger partial charge in [-0.1, -0.05) is 53.6 Å². The normalized spacial score (nSPS) is 10.8. The molecule has 2 aromatic carbocycles. The van der Waals surface area contributed by atoms with Gasteiger partial charge in [0, 0.05) is 16.5 Å². The SMILES string of the molecule is Cc1ccc(-c2csc(-c3ccccc3Cl)n2)c(C)c1. The molecule has 0 N–H and O–H groups in total. The second kappa shape index (κ2) is 5.39. The Morgan fingerprint density at radius 3 is 2.55 bits per heavy atom. The molecule has 0 aliphatic rings. The van der Waals surface area contributed by atoms with Crippen LogP contribution in [0.5, 0.6) is 0 Å². The molecule has 0 radical (unpaired) electrons.